The average Bonchev–Trinajstić information content (AvgIpc) is 2.37. The molecule has 0 amide bonds. The number of aromatic nitrogens is 1. The van der Waals surface area contributed by atoms with E-state index in [0.717, 1.165) is 6.07 Å². The first-order valence-electron chi connectivity index (χ1n) is 5.44. The molecule has 0 N–H and O–H groups in total. The van der Waals surface area contributed by atoms with Crippen molar-refractivity contribution in [3.63, 3.8) is 0 Å². The summed E-state index contributed by atoms with van der Waals surface area (Å²) >= 11 is 17.4. The van der Waals surface area contributed by atoms with E-state index in [1.807, 2.05) is 0 Å². The highest BCUT2D eigenvalue weighted by atomic mass is 35.5. The number of alkyl halides is 3. The Morgan fingerprint density at radius 3 is 2.05 bits per heavy atom. The van der Waals surface area contributed by atoms with E-state index >= 15 is 0 Å². The summed E-state index contributed by atoms with van der Waals surface area (Å²) in [5.41, 5.74) is -1.43. The molecule has 8 heteroatoms. The van der Waals surface area contributed by atoms with Gasteiger partial charge in [0.2, 0.25) is 0 Å². The van der Waals surface area contributed by atoms with Gasteiger partial charge in [-0.25, -0.2) is 4.98 Å². The van der Waals surface area contributed by atoms with Crippen LogP contribution in [0.3, 0.4) is 0 Å². The molecule has 0 saturated carbocycles. The number of pyridine rings is 1. The van der Waals surface area contributed by atoms with E-state index in [9.17, 15) is 18.0 Å². The number of hydrogen-bond donors (Lipinski definition) is 0. The molecule has 0 bridgehead atoms. The first kappa shape index (κ1) is 16.1. The second-order valence-electron chi connectivity index (χ2n) is 3.96. The highest BCUT2D eigenvalue weighted by Gasteiger charge is 2.33. The Balaban J connectivity index is 2.50. The summed E-state index contributed by atoms with van der Waals surface area (Å²) < 4.78 is 37.5. The molecule has 0 aliphatic carbocycles. The lowest BCUT2D eigenvalue weighted by Crippen LogP contribution is -2.11. The maximum atomic E-state index is 12.5. The van der Waals surface area contributed by atoms with Gasteiger partial charge < -0.3 is 0 Å². The average molecular weight is 355 g/mol. The minimum absolute atomic E-state index is 0.0377. The summed E-state index contributed by atoms with van der Waals surface area (Å²) in [5, 5.41) is -0.419. The standard InChI is InChI=1S/C13H5Cl3F3NO/c14-7-2-1-3-8(15)10(7)11(21)6-4-5-9(13(17,18)19)20-12(6)16/h1-5H. The third-order valence-electron chi connectivity index (χ3n) is 2.57. The second-order valence-corrected chi connectivity index (χ2v) is 5.13. The fourth-order valence-electron chi connectivity index (χ4n) is 1.61. The molecule has 0 atom stereocenters. The number of halogens is 6. The predicted octanol–water partition coefficient (Wildman–Crippen LogP) is 5.29. The van der Waals surface area contributed by atoms with Gasteiger partial charge >= 0.3 is 6.18 Å². The zero-order chi connectivity index (χ0) is 15.8. The van der Waals surface area contributed by atoms with Gasteiger partial charge in [0.1, 0.15) is 10.8 Å². The largest absolute Gasteiger partial charge is 0.433 e. The van der Waals surface area contributed by atoms with Gasteiger partial charge in [-0.3, -0.25) is 4.79 Å². The molecule has 0 aliphatic heterocycles. The minimum Gasteiger partial charge on any atom is -0.288 e. The third-order valence-corrected chi connectivity index (χ3v) is 3.49. The van der Waals surface area contributed by atoms with Crippen LogP contribution in [0.5, 0.6) is 0 Å². The normalized spacial score (nSPS) is 11.5. The monoisotopic (exact) mass is 353 g/mol. The molecule has 2 aromatic rings. The number of ketones is 1. The van der Waals surface area contributed by atoms with Crippen LogP contribution in [0.1, 0.15) is 21.6 Å². The Morgan fingerprint density at radius 2 is 1.57 bits per heavy atom. The molecule has 1 heterocycles. The number of rotatable bonds is 2. The predicted molar refractivity (Wildman–Crippen MR) is 74.1 cm³/mol. The van der Waals surface area contributed by atoms with E-state index in [2.05, 4.69) is 4.98 Å². The summed E-state index contributed by atoms with van der Waals surface area (Å²) in [6.45, 7) is 0. The molecule has 21 heavy (non-hydrogen) atoms. The molecule has 1 aromatic carbocycles. The zero-order valence-electron chi connectivity index (χ0n) is 10.0. The van der Waals surface area contributed by atoms with Crippen molar-refractivity contribution in [2.24, 2.45) is 0 Å². The molecule has 0 radical (unpaired) electrons. The Hall–Kier alpha value is -1.30. The highest BCUT2D eigenvalue weighted by molar-refractivity contribution is 6.42. The molecule has 1 aromatic heterocycles. The van der Waals surface area contributed by atoms with Gasteiger partial charge in [0.25, 0.3) is 0 Å². The molecular weight excluding hydrogens is 350 g/mol. The summed E-state index contributed by atoms with van der Waals surface area (Å²) in [4.78, 5) is 15.5. The SMILES string of the molecule is O=C(c1ccc(C(F)(F)F)nc1Cl)c1c(Cl)cccc1Cl. The third kappa shape index (κ3) is 3.31. The number of carbonyl (C=O) groups excluding carboxylic acids is 1. The van der Waals surface area contributed by atoms with Crippen LogP contribution in [0, 0.1) is 0 Å². The highest BCUT2D eigenvalue weighted by Crippen LogP contribution is 2.32. The number of benzene rings is 1. The van der Waals surface area contributed by atoms with Crippen molar-refractivity contribution in [1.82, 2.24) is 4.98 Å². The van der Waals surface area contributed by atoms with Crippen LogP contribution in [-0.2, 0) is 6.18 Å². The lowest BCUT2D eigenvalue weighted by Gasteiger charge is -2.10. The van der Waals surface area contributed by atoms with Crippen LogP contribution in [0.2, 0.25) is 15.2 Å². The van der Waals surface area contributed by atoms with E-state index in [1.165, 1.54) is 18.2 Å². The van der Waals surface area contributed by atoms with Crippen molar-refractivity contribution in [3.8, 4) is 0 Å². The van der Waals surface area contributed by atoms with Gasteiger partial charge in [-0.1, -0.05) is 40.9 Å². The zero-order valence-corrected chi connectivity index (χ0v) is 12.3. The quantitative estimate of drug-likeness (QED) is 0.542. The number of hydrogen-bond acceptors (Lipinski definition) is 2. The lowest BCUT2D eigenvalue weighted by molar-refractivity contribution is -0.141. The Labute approximate surface area is 132 Å². The maximum Gasteiger partial charge on any atom is 0.433 e. The molecule has 2 nitrogen and oxygen atoms in total. The van der Waals surface area contributed by atoms with Crippen LogP contribution in [-0.4, -0.2) is 10.8 Å². The first-order chi connectivity index (χ1) is 9.71. The van der Waals surface area contributed by atoms with Crippen molar-refractivity contribution < 1.29 is 18.0 Å². The summed E-state index contributed by atoms with van der Waals surface area (Å²) in [6.07, 6.45) is -4.65. The Morgan fingerprint density at radius 1 is 1.00 bits per heavy atom. The smallest absolute Gasteiger partial charge is 0.288 e. The van der Waals surface area contributed by atoms with Crippen molar-refractivity contribution in [2.45, 2.75) is 6.18 Å². The molecule has 0 spiro atoms. The summed E-state index contributed by atoms with van der Waals surface area (Å²) in [7, 11) is 0. The van der Waals surface area contributed by atoms with E-state index in [0.29, 0.717) is 6.07 Å². The van der Waals surface area contributed by atoms with Crippen LogP contribution >= 0.6 is 34.8 Å². The van der Waals surface area contributed by atoms with E-state index in [1.54, 1.807) is 0 Å². The van der Waals surface area contributed by atoms with E-state index in [-0.39, 0.29) is 21.2 Å². The van der Waals surface area contributed by atoms with Crippen molar-refractivity contribution in [2.75, 3.05) is 0 Å². The van der Waals surface area contributed by atoms with Crippen molar-refractivity contribution >= 4 is 40.6 Å². The van der Waals surface area contributed by atoms with Crippen molar-refractivity contribution in [3.05, 3.63) is 62.4 Å². The van der Waals surface area contributed by atoms with Crippen LogP contribution in [0.25, 0.3) is 0 Å². The van der Waals surface area contributed by atoms with E-state index < -0.39 is 22.8 Å². The van der Waals surface area contributed by atoms with Crippen LogP contribution in [0.15, 0.2) is 30.3 Å². The number of nitrogens with zero attached hydrogens (tertiary/aromatic N) is 1. The fourth-order valence-corrected chi connectivity index (χ4v) is 2.42. The number of carbonyl (C=O) groups is 1. The summed E-state index contributed by atoms with van der Waals surface area (Å²) in [5.74, 6) is -0.697. The summed E-state index contributed by atoms with van der Waals surface area (Å²) in [6, 6.07) is 6.02. The lowest BCUT2D eigenvalue weighted by atomic mass is 10.0. The van der Waals surface area contributed by atoms with Gasteiger partial charge in [-0.2, -0.15) is 13.2 Å². The topological polar surface area (TPSA) is 30.0 Å². The maximum absolute atomic E-state index is 12.5. The second kappa shape index (κ2) is 5.83. The molecule has 0 aliphatic rings. The molecular formula is C13H5Cl3F3NO. The molecule has 110 valence electrons. The van der Waals surface area contributed by atoms with Gasteiger partial charge in [0.15, 0.2) is 5.78 Å². The minimum atomic E-state index is -4.65. The van der Waals surface area contributed by atoms with Crippen LogP contribution in [0.4, 0.5) is 13.2 Å². The molecule has 0 fully saturated rings. The first-order valence-corrected chi connectivity index (χ1v) is 6.57. The van der Waals surface area contributed by atoms with Gasteiger partial charge in [-0.15, -0.1) is 0 Å². The van der Waals surface area contributed by atoms with Gasteiger partial charge in [-0.05, 0) is 24.3 Å². The van der Waals surface area contributed by atoms with E-state index in [4.69, 9.17) is 34.8 Å². The molecule has 0 saturated heterocycles. The van der Waals surface area contributed by atoms with Gasteiger partial charge in [0, 0.05) is 0 Å². The Bertz CT molecular complexity index is 696. The molecule has 2 rings (SSSR count). The van der Waals surface area contributed by atoms with Gasteiger partial charge in [0.05, 0.1) is 21.2 Å². The Kier molecular flexibility index (Phi) is 4.46. The fraction of sp³-hybridized carbons (Fsp3) is 0.0769. The van der Waals surface area contributed by atoms with Crippen LogP contribution < -0.4 is 0 Å². The van der Waals surface area contributed by atoms with Crippen molar-refractivity contribution in [1.29, 1.82) is 0 Å². The molecule has 0 unspecified atom stereocenters.